The molecule has 4 heteroatoms. The SMILES string of the molecule is Cc1ccc(SC(C(=O)O)C(C)(C)CCCCCCCc2ccc(Cl)cc2)cc1. The molecule has 0 saturated carbocycles. The lowest BCUT2D eigenvalue weighted by Gasteiger charge is -2.31. The molecule has 0 radical (unpaired) electrons. The van der Waals surface area contributed by atoms with Gasteiger partial charge in [0.2, 0.25) is 0 Å². The van der Waals surface area contributed by atoms with E-state index >= 15 is 0 Å². The van der Waals surface area contributed by atoms with Crippen molar-refractivity contribution in [2.45, 2.75) is 75.9 Å². The zero-order chi connectivity index (χ0) is 21.3. The number of aliphatic carboxylic acids is 1. The molecule has 2 rings (SSSR count). The van der Waals surface area contributed by atoms with Crippen LogP contribution >= 0.6 is 23.4 Å². The van der Waals surface area contributed by atoms with Crippen molar-refractivity contribution in [3.05, 3.63) is 64.7 Å². The van der Waals surface area contributed by atoms with Crippen molar-refractivity contribution in [1.82, 2.24) is 0 Å². The van der Waals surface area contributed by atoms with Gasteiger partial charge in [0.05, 0.1) is 0 Å². The normalized spacial score (nSPS) is 12.7. The highest BCUT2D eigenvalue weighted by Crippen LogP contribution is 2.39. The monoisotopic (exact) mass is 432 g/mol. The molecule has 0 aromatic heterocycles. The third-order valence-electron chi connectivity index (χ3n) is 5.41. The quantitative estimate of drug-likeness (QED) is 0.274. The van der Waals surface area contributed by atoms with Gasteiger partial charge in [-0.3, -0.25) is 4.79 Å². The first-order valence-corrected chi connectivity index (χ1v) is 11.7. The summed E-state index contributed by atoms with van der Waals surface area (Å²) in [5, 5.41) is 10.1. The Hall–Kier alpha value is -1.45. The van der Waals surface area contributed by atoms with Crippen LogP contribution in [0.5, 0.6) is 0 Å². The lowest BCUT2D eigenvalue weighted by molar-refractivity contribution is -0.138. The molecule has 2 nitrogen and oxygen atoms in total. The van der Waals surface area contributed by atoms with Gasteiger partial charge in [0.15, 0.2) is 0 Å². The van der Waals surface area contributed by atoms with Crippen LogP contribution in [0.15, 0.2) is 53.4 Å². The number of thioether (sulfide) groups is 1. The molecule has 0 aliphatic carbocycles. The maximum Gasteiger partial charge on any atom is 0.317 e. The van der Waals surface area contributed by atoms with Crippen molar-refractivity contribution < 1.29 is 9.90 Å². The van der Waals surface area contributed by atoms with Gasteiger partial charge >= 0.3 is 5.97 Å². The molecule has 0 aliphatic heterocycles. The molecule has 2 aromatic carbocycles. The number of carbonyl (C=O) groups is 1. The largest absolute Gasteiger partial charge is 0.480 e. The minimum atomic E-state index is -0.719. The third kappa shape index (κ3) is 8.44. The molecule has 0 aliphatic rings. The van der Waals surface area contributed by atoms with Gasteiger partial charge in [0, 0.05) is 9.92 Å². The van der Waals surface area contributed by atoms with E-state index in [1.807, 2.05) is 43.3 Å². The van der Waals surface area contributed by atoms with Crippen molar-refractivity contribution in [1.29, 1.82) is 0 Å². The first kappa shape index (κ1) is 23.8. The Bertz CT molecular complexity index is 753. The minimum absolute atomic E-state index is 0.245. The molecule has 0 spiro atoms. The van der Waals surface area contributed by atoms with Crippen LogP contribution in [0, 0.1) is 12.3 Å². The Morgan fingerprint density at radius 1 is 0.966 bits per heavy atom. The number of hydrogen-bond donors (Lipinski definition) is 1. The molecular weight excluding hydrogens is 400 g/mol. The standard InChI is InChI=1S/C25H33ClO2S/c1-19-10-16-22(17-11-19)29-23(24(27)28)25(2,3)18-8-6-4-5-7-9-20-12-14-21(26)15-13-20/h10-17,23H,4-9,18H2,1-3H3,(H,27,28). The Kier molecular flexibility index (Phi) is 9.58. The molecule has 2 aromatic rings. The molecule has 158 valence electrons. The number of carboxylic acid groups (broad SMARTS) is 1. The van der Waals surface area contributed by atoms with Crippen molar-refractivity contribution >= 4 is 29.3 Å². The first-order valence-electron chi connectivity index (χ1n) is 10.5. The van der Waals surface area contributed by atoms with Gasteiger partial charge in [0.25, 0.3) is 0 Å². The molecule has 0 heterocycles. The average molecular weight is 433 g/mol. The number of rotatable bonds is 12. The molecule has 29 heavy (non-hydrogen) atoms. The van der Waals surface area contributed by atoms with Gasteiger partial charge in [-0.1, -0.05) is 81.0 Å². The summed E-state index contributed by atoms with van der Waals surface area (Å²) in [7, 11) is 0. The Balaban J connectivity index is 1.71. The molecule has 0 saturated heterocycles. The fraction of sp³-hybridized carbons (Fsp3) is 0.480. The van der Waals surface area contributed by atoms with E-state index in [1.54, 1.807) is 0 Å². The topological polar surface area (TPSA) is 37.3 Å². The van der Waals surface area contributed by atoms with E-state index in [4.69, 9.17) is 11.6 Å². The van der Waals surface area contributed by atoms with Crippen molar-refractivity contribution in [2.75, 3.05) is 0 Å². The molecule has 0 bridgehead atoms. The van der Waals surface area contributed by atoms with E-state index in [9.17, 15) is 9.90 Å². The van der Waals surface area contributed by atoms with Crippen molar-refractivity contribution in [2.24, 2.45) is 5.41 Å². The third-order valence-corrected chi connectivity index (χ3v) is 7.28. The van der Waals surface area contributed by atoms with Crippen LogP contribution in [0.2, 0.25) is 5.02 Å². The summed E-state index contributed by atoms with van der Waals surface area (Å²) >= 11 is 7.40. The van der Waals surface area contributed by atoms with Crippen LogP contribution in [0.1, 0.15) is 63.5 Å². The summed E-state index contributed by atoms with van der Waals surface area (Å²) in [6, 6.07) is 16.2. The van der Waals surface area contributed by atoms with Crippen LogP contribution in [0.25, 0.3) is 0 Å². The van der Waals surface area contributed by atoms with Crippen LogP contribution in [0.4, 0.5) is 0 Å². The maximum absolute atomic E-state index is 11.9. The van der Waals surface area contributed by atoms with E-state index in [0.29, 0.717) is 0 Å². The van der Waals surface area contributed by atoms with E-state index in [0.717, 1.165) is 35.6 Å². The highest BCUT2D eigenvalue weighted by Gasteiger charge is 2.35. The maximum atomic E-state index is 11.9. The highest BCUT2D eigenvalue weighted by molar-refractivity contribution is 8.00. The average Bonchev–Trinajstić information content (AvgIpc) is 2.67. The van der Waals surface area contributed by atoms with E-state index in [1.165, 1.54) is 42.2 Å². The van der Waals surface area contributed by atoms with Gasteiger partial charge < -0.3 is 5.11 Å². The van der Waals surface area contributed by atoms with E-state index < -0.39 is 11.2 Å². The van der Waals surface area contributed by atoms with Crippen LogP contribution in [-0.2, 0) is 11.2 Å². The molecule has 0 amide bonds. The van der Waals surface area contributed by atoms with Gasteiger partial charge in [-0.25, -0.2) is 0 Å². The molecule has 1 N–H and O–H groups in total. The summed E-state index contributed by atoms with van der Waals surface area (Å²) in [5.74, 6) is -0.719. The number of carboxylic acids is 1. The zero-order valence-corrected chi connectivity index (χ0v) is 19.4. The second kappa shape index (κ2) is 11.7. The van der Waals surface area contributed by atoms with Gasteiger partial charge in [0.1, 0.15) is 5.25 Å². The van der Waals surface area contributed by atoms with Gasteiger partial charge in [-0.2, -0.15) is 0 Å². The first-order chi connectivity index (χ1) is 13.8. The van der Waals surface area contributed by atoms with Gasteiger partial charge in [-0.05, 0) is 61.4 Å². The number of halogens is 1. The summed E-state index contributed by atoms with van der Waals surface area (Å²) in [4.78, 5) is 12.9. The Morgan fingerprint density at radius 3 is 2.17 bits per heavy atom. The number of aryl methyl sites for hydroxylation is 2. The summed E-state index contributed by atoms with van der Waals surface area (Å²) in [6.45, 7) is 6.23. The van der Waals surface area contributed by atoms with Crippen LogP contribution in [0.3, 0.4) is 0 Å². The fourth-order valence-corrected chi connectivity index (χ4v) is 4.75. The number of benzene rings is 2. The van der Waals surface area contributed by atoms with Gasteiger partial charge in [-0.15, -0.1) is 11.8 Å². The fourth-order valence-electron chi connectivity index (χ4n) is 3.52. The van der Waals surface area contributed by atoms with Crippen molar-refractivity contribution in [3.63, 3.8) is 0 Å². The molecular formula is C25H33ClO2S. The predicted octanol–water partition coefficient (Wildman–Crippen LogP) is 7.80. The summed E-state index contributed by atoms with van der Waals surface area (Å²) < 4.78 is 0. The molecule has 1 atom stereocenters. The number of unbranched alkanes of at least 4 members (excludes halogenated alkanes) is 4. The summed E-state index contributed by atoms with van der Waals surface area (Å²) in [6.07, 6.45) is 7.86. The second-order valence-corrected chi connectivity index (χ2v) is 10.1. The zero-order valence-electron chi connectivity index (χ0n) is 17.8. The van der Waals surface area contributed by atoms with Crippen LogP contribution in [-0.4, -0.2) is 16.3 Å². The Labute approximate surface area is 185 Å². The Morgan fingerprint density at radius 2 is 1.55 bits per heavy atom. The lowest BCUT2D eigenvalue weighted by atomic mass is 9.83. The van der Waals surface area contributed by atoms with Crippen molar-refractivity contribution in [3.8, 4) is 0 Å². The lowest BCUT2D eigenvalue weighted by Crippen LogP contribution is -2.33. The predicted molar refractivity (Wildman–Crippen MR) is 125 cm³/mol. The molecule has 0 fully saturated rings. The summed E-state index contributed by atoms with van der Waals surface area (Å²) in [5.41, 5.74) is 2.29. The van der Waals surface area contributed by atoms with Crippen LogP contribution < -0.4 is 0 Å². The molecule has 1 unspecified atom stereocenters. The van der Waals surface area contributed by atoms with E-state index in [2.05, 4.69) is 26.0 Å². The smallest absolute Gasteiger partial charge is 0.317 e. The van der Waals surface area contributed by atoms with E-state index in [-0.39, 0.29) is 5.41 Å². The second-order valence-electron chi connectivity index (χ2n) is 8.53. The highest BCUT2D eigenvalue weighted by atomic mass is 35.5. The number of hydrogen-bond acceptors (Lipinski definition) is 2. The minimum Gasteiger partial charge on any atom is -0.480 e.